The second kappa shape index (κ2) is 9.55. The number of rotatable bonds is 8. The molecule has 2 rings (SSSR count). The summed E-state index contributed by atoms with van der Waals surface area (Å²) in [5, 5.41) is 0.675. The fourth-order valence-corrected chi connectivity index (χ4v) is 4.06. The summed E-state index contributed by atoms with van der Waals surface area (Å²) < 4.78 is 5.98. The highest BCUT2D eigenvalue weighted by Gasteiger charge is 2.15. The van der Waals surface area contributed by atoms with Crippen LogP contribution >= 0.6 is 11.8 Å². The van der Waals surface area contributed by atoms with Crippen LogP contribution in [-0.4, -0.2) is 17.6 Å². The van der Waals surface area contributed by atoms with Gasteiger partial charge in [-0.1, -0.05) is 45.1 Å². The van der Waals surface area contributed by atoms with Gasteiger partial charge in [-0.15, -0.1) is 0 Å². The van der Waals surface area contributed by atoms with Gasteiger partial charge in [0, 0.05) is 5.25 Å². The van der Waals surface area contributed by atoms with Gasteiger partial charge in [-0.25, -0.2) is 0 Å². The molecule has 20 heavy (non-hydrogen) atoms. The van der Waals surface area contributed by atoms with Crippen molar-refractivity contribution in [1.82, 2.24) is 0 Å². The molecule has 0 bridgehead atoms. The molecule has 114 valence electrons. The van der Waals surface area contributed by atoms with Gasteiger partial charge in [0.25, 0.3) is 0 Å². The van der Waals surface area contributed by atoms with E-state index in [4.69, 9.17) is 4.74 Å². The molecular weight excluding hydrogens is 264 g/mol. The third-order valence-corrected chi connectivity index (χ3v) is 5.62. The van der Waals surface area contributed by atoms with E-state index in [1.165, 1.54) is 57.1 Å². The average Bonchev–Trinajstić information content (AvgIpc) is 2.52. The van der Waals surface area contributed by atoms with Gasteiger partial charge in [0.15, 0.2) is 0 Å². The van der Waals surface area contributed by atoms with Crippen LogP contribution in [0, 0.1) is 5.92 Å². The predicted molar refractivity (Wildman–Crippen MR) is 90.1 cm³/mol. The zero-order valence-corrected chi connectivity index (χ0v) is 13.8. The molecule has 2 aliphatic rings. The predicted octanol–water partition coefficient (Wildman–Crippen LogP) is 5.72. The Kier molecular flexibility index (Phi) is 7.64. The van der Waals surface area contributed by atoms with E-state index in [-0.39, 0.29) is 0 Å². The normalized spacial score (nSPS) is 23.6. The molecule has 0 amide bonds. The van der Waals surface area contributed by atoms with Gasteiger partial charge in [-0.3, -0.25) is 0 Å². The van der Waals surface area contributed by atoms with Crippen molar-refractivity contribution < 1.29 is 4.74 Å². The Labute approximate surface area is 129 Å². The molecule has 1 atom stereocenters. The third-order valence-electron chi connectivity index (χ3n) is 4.32. The number of ether oxygens (including phenoxy) is 1. The van der Waals surface area contributed by atoms with E-state index >= 15 is 0 Å². The minimum absolute atomic E-state index is 0.675. The molecule has 0 saturated heterocycles. The topological polar surface area (TPSA) is 9.23 Å². The maximum Gasteiger partial charge on any atom is 0.115 e. The van der Waals surface area contributed by atoms with Crippen molar-refractivity contribution in [2.24, 2.45) is 5.92 Å². The first kappa shape index (κ1) is 16.0. The van der Waals surface area contributed by atoms with Crippen LogP contribution in [-0.2, 0) is 4.74 Å². The molecule has 0 aromatic rings. The smallest absolute Gasteiger partial charge is 0.115 e. The lowest BCUT2D eigenvalue weighted by Crippen LogP contribution is -2.14. The van der Waals surface area contributed by atoms with E-state index in [9.17, 15) is 0 Å². The molecule has 0 heterocycles. The Morgan fingerprint density at radius 1 is 1.20 bits per heavy atom. The van der Waals surface area contributed by atoms with Gasteiger partial charge >= 0.3 is 0 Å². The Morgan fingerprint density at radius 3 is 2.75 bits per heavy atom. The molecule has 1 fully saturated rings. The summed E-state index contributed by atoms with van der Waals surface area (Å²) in [6, 6.07) is 0. The largest absolute Gasteiger partial charge is 0.494 e. The molecule has 2 aliphatic carbocycles. The number of hydrogen-bond donors (Lipinski definition) is 0. The summed E-state index contributed by atoms with van der Waals surface area (Å²) in [5.41, 5.74) is 0. The highest BCUT2D eigenvalue weighted by molar-refractivity contribution is 8.00. The van der Waals surface area contributed by atoms with Crippen LogP contribution in [0.3, 0.4) is 0 Å². The van der Waals surface area contributed by atoms with Crippen LogP contribution in [0.5, 0.6) is 0 Å². The molecule has 1 unspecified atom stereocenters. The highest BCUT2D eigenvalue weighted by atomic mass is 32.2. The summed E-state index contributed by atoms with van der Waals surface area (Å²) in [7, 11) is 0. The molecule has 0 radical (unpaired) electrons. The number of hydrogen-bond acceptors (Lipinski definition) is 2. The highest BCUT2D eigenvalue weighted by Crippen LogP contribution is 2.27. The number of thioether (sulfide) groups is 1. The third kappa shape index (κ3) is 5.95. The van der Waals surface area contributed by atoms with Gasteiger partial charge in [0.1, 0.15) is 5.76 Å². The Hall–Kier alpha value is -0.370. The summed E-state index contributed by atoms with van der Waals surface area (Å²) in [5.74, 6) is 3.22. The van der Waals surface area contributed by atoms with Crippen molar-refractivity contribution in [2.45, 2.75) is 70.0 Å². The Bertz CT molecular complexity index is 315. The van der Waals surface area contributed by atoms with Crippen molar-refractivity contribution in [3.8, 4) is 0 Å². The fourth-order valence-electron chi connectivity index (χ4n) is 2.97. The minimum Gasteiger partial charge on any atom is -0.494 e. The summed E-state index contributed by atoms with van der Waals surface area (Å²) in [6.45, 7) is 3.20. The van der Waals surface area contributed by atoms with Crippen molar-refractivity contribution in [2.75, 3.05) is 12.4 Å². The van der Waals surface area contributed by atoms with Crippen LogP contribution in [0.1, 0.15) is 64.7 Å². The van der Waals surface area contributed by atoms with Gasteiger partial charge in [0.2, 0.25) is 0 Å². The lowest BCUT2D eigenvalue weighted by Gasteiger charge is -2.23. The second-order valence-corrected chi connectivity index (χ2v) is 7.48. The van der Waals surface area contributed by atoms with Crippen molar-refractivity contribution in [3.05, 3.63) is 24.0 Å². The lowest BCUT2D eigenvalue weighted by molar-refractivity contribution is 0.148. The monoisotopic (exact) mass is 294 g/mol. The van der Waals surface area contributed by atoms with Gasteiger partial charge in [-0.05, 0) is 49.5 Å². The van der Waals surface area contributed by atoms with Crippen molar-refractivity contribution in [3.63, 3.8) is 0 Å². The van der Waals surface area contributed by atoms with E-state index in [2.05, 4.69) is 36.9 Å². The molecule has 0 spiro atoms. The van der Waals surface area contributed by atoms with Crippen LogP contribution < -0.4 is 0 Å². The zero-order valence-electron chi connectivity index (χ0n) is 13.0. The maximum absolute atomic E-state index is 5.98. The van der Waals surface area contributed by atoms with E-state index in [1.54, 1.807) is 0 Å². The molecular formula is C18H30OS. The maximum atomic E-state index is 5.98. The molecule has 0 aliphatic heterocycles. The standard InChI is InChI=1S/C18H30OS/c1-2-3-7-14-20-18-12-10-17(11-13-18)19-15-16-8-5-4-6-9-16/h10-12,16,18H,2-9,13-15H2,1H3. The van der Waals surface area contributed by atoms with Crippen LogP contribution in [0.25, 0.3) is 0 Å². The van der Waals surface area contributed by atoms with Crippen LogP contribution in [0.4, 0.5) is 0 Å². The van der Waals surface area contributed by atoms with Crippen molar-refractivity contribution >= 4 is 11.8 Å². The van der Waals surface area contributed by atoms with Gasteiger partial charge in [-0.2, -0.15) is 11.8 Å². The van der Waals surface area contributed by atoms with E-state index in [0.29, 0.717) is 5.25 Å². The molecule has 0 N–H and O–H groups in total. The summed E-state index contributed by atoms with van der Waals surface area (Å²) >= 11 is 2.10. The van der Waals surface area contributed by atoms with Gasteiger partial charge in [0.05, 0.1) is 6.61 Å². The summed E-state index contributed by atoms with van der Waals surface area (Å²) in [4.78, 5) is 0. The molecule has 1 saturated carbocycles. The van der Waals surface area contributed by atoms with Crippen molar-refractivity contribution in [1.29, 1.82) is 0 Å². The van der Waals surface area contributed by atoms with Gasteiger partial charge < -0.3 is 4.74 Å². The second-order valence-electron chi connectivity index (χ2n) is 6.13. The first-order valence-corrected chi connectivity index (χ1v) is 9.56. The molecule has 0 aromatic carbocycles. The van der Waals surface area contributed by atoms with E-state index < -0.39 is 0 Å². The average molecular weight is 295 g/mol. The minimum atomic E-state index is 0.675. The Balaban J connectivity index is 1.59. The Morgan fingerprint density at radius 2 is 2.05 bits per heavy atom. The zero-order chi connectivity index (χ0) is 14.0. The number of allylic oxidation sites excluding steroid dienone is 2. The van der Waals surface area contributed by atoms with Crippen LogP contribution in [0.2, 0.25) is 0 Å². The molecule has 2 heteroatoms. The SMILES string of the molecule is CCCCCSC1C=CC(OCC2CCCCC2)=CC1. The van der Waals surface area contributed by atoms with E-state index in [0.717, 1.165) is 24.7 Å². The summed E-state index contributed by atoms with van der Waals surface area (Å²) in [6.07, 6.45) is 19.0. The first-order chi connectivity index (χ1) is 9.88. The van der Waals surface area contributed by atoms with E-state index in [1.807, 2.05) is 0 Å². The molecule has 0 aromatic heterocycles. The van der Waals surface area contributed by atoms with Crippen LogP contribution in [0.15, 0.2) is 24.0 Å². The fraction of sp³-hybridized carbons (Fsp3) is 0.778. The quantitative estimate of drug-likeness (QED) is 0.529. The first-order valence-electron chi connectivity index (χ1n) is 8.51. The lowest BCUT2D eigenvalue weighted by atomic mass is 9.90. The number of unbranched alkanes of at least 4 members (excludes halogenated alkanes) is 2. The molecule has 1 nitrogen and oxygen atoms in total.